The van der Waals surface area contributed by atoms with E-state index < -0.39 is 24.0 Å². The monoisotopic (exact) mass is 458 g/mol. The third kappa shape index (κ3) is 4.93. The van der Waals surface area contributed by atoms with Gasteiger partial charge in [0.15, 0.2) is 0 Å². The number of benzene rings is 3. The van der Waals surface area contributed by atoms with Crippen molar-refractivity contribution < 1.29 is 24.2 Å². The van der Waals surface area contributed by atoms with E-state index in [1.807, 2.05) is 31.2 Å². The molecule has 0 spiro atoms. The van der Waals surface area contributed by atoms with Crippen LogP contribution < -0.4 is 10.6 Å². The molecule has 0 fully saturated rings. The standard InChI is InChI=1S/C27H26N2O5/c1-16-11-12-18(26(32)28-17(2)13-25(30)31)14-24(16)29-27(33)34-15-23-21-9-5-3-7-19(21)20-8-4-6-10-22(20)23/h3-12,14,17,23H,13,15H2,1-2H3,(H,28,32)(H,29,33)(H,30,31). The molecule has 0 radical (unpaired) electrons. The number of hydrogen-bond acceptors (Lipinski definition) is 4. The zero-order valence-corrected chi connectivity index (χ0v) is 19.0. The fourth-order valence-electron chi connectivity index (χ4n) is 4.26. The predicted octanol–water partition coefficient (Wildman–Crippen LogP) is 4.95. The topological polar surface area (TPSA) is 105 Å². The summed E-state index contributed by atoms with van der Waals surface area (Å²) < 4.78 is 5.59. The van der Waals surface area contributed by atoms with Gasteiger partial charge in [-0.05, 0) is 53.8 Å². The number of carbonyl (C=O) groups is 3. The number of fused-ring (bicyclic) bond motifs is 3. The Kier molecular flexibility index (Phi) is 6.63. The molecule has 0 saturated carbocycles. The fraction of sp³-hybridized carbons (Fsp3) is 0.222. The van der Waals surface area contributed by atoms with Crippen molar-refractivity contribution >= 4 is 23.7 Å². The van der Waals surface area contributed by atoms with E-state index in [0.717, 1.165) is 27.8 Å². The molecule has 1 aliphatic rings. The third-order valence-electron chi connectivity index (χ3n) is 5.94. The van der Waals surface area contributed by atoms with Crippen LogP contribution >= 0.6 is 0 Å². The summed E-state index contributed by atoms with van der Waals surface area (Å²) in [7, 11) is 0. The number of hydrogen-bond donors (Lipinski definition) is 3. The van der Waals surface area contributed by atoms with E-state index in [9.17, 15) is 14.4 Å². The highest BCUT2D eigenvalue weighted by atomic mass is 16.5. The Morgan fingerprint density at radius 1 is 0.971 bits per heavy atom. The summed E-state index contributed by atoms with van der Waals surface area (Å²) in [4.78, 5) is 35.9. The van der Waals surface area contributed by atoms with E-state index >= 15 is 0 Å². The van der Waals surface area contributed by atoms with Gasteiger partial charge in [-0.15, -0.1) is 0 Å². The molecular formula is C27H26N2O5. The van der Waals surface area contributed by atoms with Crippen LogP contribution in [0.4, 0.5) is 10.5 Å². The van der Waals surface area contributed by atoms with Gasteiger partial charge < -0.3 is 15.2 Å². The minimum Gasteiger partial charge on any atom is -0.481 e. The van der Waals surface area contributed by atoms with E-state index in [1.165, 1.54) is 0 Å². The molecule has 1 atom stereocenters. The van der Waals surface area contributed by atoms with Crippen LogP contribution in [0.25, 0.3) is 11.1 Å². The Morgan fingerprint density at radius 3 is 2.21 bits per heavy atom. The average Bonchev–Trinajstić information content (AvgIpc) is 3.12. The lowest BCUT2D eigenvalue weighted by atomic mass is 9.98. The average molecular weight is 459 g/mol. The van der Waals surface area contributed by atoms with Crippen molar-refractivity contribution in [2.45, 2.75) is 32.2 Å². The molecule has 0 aromatic heterocycles. The van der Waals surface area contributed by atoms with Crippen LogP contribution in [-0.2, 0) is 9.53 Å². The van der Waals surface area contributed by atoms with Gasteiger partial charge in [-0.3, -0.25) is 14.9 Å². The minimum absolute atomic E-state index is 0.0490. The molecule has 3 aromatic rings. The third-order valence-corrected chi connectivity index (χ3v) is 5.94. The number of aliphatic carboxylic acids is 1. The Bertz CT molecular complexity index is 1210. The first kappa shape index (κ1) is 23.0. The smallest absolute Gasteiger partial charge is 0.411 e. The molecule has 7 nitrogen and oxygen atoms in total. The summed E-state index contributed by atoms with van der Waals surface area (Å²) in [6.07, 6.45) is -0.788. The number of amides is 2. The van der Waals surface area contributed by atoms with E-state index in [2.05, 4.69) is 34.9 Å². The summed E-state index contributed by atoms with van der Waals surface area (Å²) in [5.41, 5.74) is 6.09. The van der Waals surface area contributed by atoms with Crippen LogP contribution in [0.1, 0.15) is 46.3 Å². The largest absolute Gasteiger partial charge is 0.481 e. The Hall–Kier alpha value is -4.13. The van der Waals surface area contributed by atoms with Crippen molar-refractivity contribution in [2.24, 2.45) is 0 Å². The number of carbonyl (C=O) groups excluding carboxylic acids is 2. The number of carboxylic acids is 1. The molecule has 174 valence electrons. The molecule has 7 heteroatoms. The zero-order valence-electron chi connectivity index (χ0n) is 19.0. The molecule has 0 heterocycles. The molecule has 4 rings (SSSR count). The minimum atomic E-state index is -0.991. The highest BCUT2D eigenvalue weighted by Gasteiger charge is 2.29. The number of nitrogens with one attached hydrogen (secondary N) is 2. The summed E-state index contributed by atoms with van der Waals surface area (Å²) in [6, 6.07) is 20.6. The first-order chi connectivity index (χ1) is 16.3. The summed E-state index contributed by atoms with van der Waals surface area (Å²) >= 11 is 0. The molecule has 0 bridgehead atoms. The molecule has 3 aromatic carbocycles. The van der Waals surface area contributed by atoms with Gasteiger partial charge in [-0.25, -0.2) is 4.79 Å². The number of rotatable bonds is 7. The summed E-state index contributed by atoms with van der Waals surface area (Å²) in [5, 5.41) is 14.2. The van der Waals surface area contributed by atoms with E-state index in [1.54, 1.807) is 25.1 Å². The second kappa shape index (κ2) is 9.79. The Morgan fingerprint density at radius 2 is 1.59 bits per heavy atom. The molecular weight excluding hydrogens is 432 g/mol. The normalized spacial score (nSPS) is 12.9. The van der Waals surface area contributed by atoms with Gasteiger partial charge in [0, 0.05) is 23.2 Å². The van der Waals surface area contributed by atoms with E-state index in [0.29, 0.717) is 11.3 Å². The van der Waals surface area contributed by atoms with Gasteiger partial charge in [0.1, 0.15) is 6.61 Å². The SMILES string of the molecule is Cc1ccc(C(=O)NC(C)CC(=O)O)cc1NC(=O)OCC1c2ccccc2-c2ccccc21. The van der Waals surface area contributed by atoms with Crippen molar-refractivity contribution in [3.8, 4) is 11.1 Å². The Labute approximate surface area is 197 Å². The Balaban J connectivity index is 1.42. The zero-order chi connectivity index (χ0) is 24.2. The lowest BCUT2D eigenvalue weighted by molar-refractivity contribution is -0.137. The van der Waals surface area contributed by atoms with Gasteiger partial charge in [-0.2, -0.15) is 0 Å². The second-order valence-corrected chi connectivity index (χ2v) is 8.45. The first-order valence-electron chi connectivity index (χ1n) is 11.1. The van der Waals surface area contributed by atoms with Crippen molar-refractivity contribution in [2.75, 3.05) is 11.9 Å². The van der Waals surface area contributed by atoms with Gasteiger partial charge in [0.25, 0.3) is 5.91 Å². The molecule has 34 heavy (non-hydrogen) atoms. The van der Waals surface area contributed by atoms with Gasteiger partial charge in [0.05, 0.1) is 6.42 Å². The predicted molar refractivity (Wildman–Crippen MR) is 129 cm³/mol. The van der Waals surface area contributed by atoms with Gasteiger partial charge in [-0.1, -0.05) is 54.6 Å². The van der Waals surface area contributed by atoms with Crippen LogP contribution in [-0.4, -0.2) is 35.7 Å². The number of anilines is 1. The van der Waals surface area contributed by atoms with Crippen molar-refractivity contribution in [1.29, 1.82) is 0 Å². The maximum absolute atomic E-state index is 12.6. The van der Waals surface area contributed by atoms with Crippen LogP contribution in [0.2, 0.25) is 0 Å². The van der Waals surface area contributed by atoms with E-state index in [4.69, 9.17) is 9.84 Å². The van der Waals surface area contributed by atoms with E-state index in [-0.39, 0.29) is 18.9 Å². The molecule has 0 saturated heterocycles. The fourth-order valence-corrected chi connectivity index (χ4v) is 4.26. The summed E-state index contributed by atoms with van der Waals surface area (Å²) in [6.45, 7) is 3.62. The van der Waals surface area contributed by atoms with Crippen molar-refractivity contribution in [3.63, 3.8) is 0 Å². The highest BCUT2D eigenvalue weighted by molar-refractivity contribution is 5.97. The van der Waals surface area contributed by atoms with Crippen LogP contribution in [0, 0.1) is 6.92 Å². The highest BCUT2D eigenvalue weighted by Crippen LogP contribution is 2.44. The molecule has 3 N–H and O–H groups in total. The van der Waals surface area contributed by atoms with Crippen molar-refractivity contribution in [1.82, 2.24) is 5.32 Å². The second-order valence-electron chi connectivity index (χ2n) is 8.45. The number of aryl methyl sites for hydroxylation is 1. The van der Waals surface area contributed by atoms with Crippen LogP contribution in [0.3, 0.4) is 0 Å². The summed E-state index contributed by atoms with van der Waals surface area (Å²) in [5.74, 6) is -1.45. The maximum Gasteiger partial charge on any atom is 0.411 e. The maximum atomic E-state index is 12.6. The van der Waals surface area contributed by atoms with Crippen LogP contribution in [0.15, 0.2) is 66.7 Å². The number of ether oxygens (including phenoxy) is 1. The molecule has 1 aliphatic carbocycles. The van der Waals surface area contributed by atoms with Crippen molar-refractivity contribution in [3.05, 3.63) is 89.0 Å². The first-order valence-corrected chi connectivity index (χ1v) is 11.1. The lowest BCUT2D eigenvalue weighted by Crippen LogP contribution is -2.34. The molecule has 2 amide bonds. The van der Waals surface area contributed by atoms with Crippen LogP contribution in [0.5, 0.6) is 0 Å². The number of carboxylic acid groups (broad SMARTS) is 1. The van der Waals surface area contributed by atoms with Gasteiger partial charge in [0.2, 0.25) is 0 Å². The molecule has 1 unspecified atom stereocenters. The quantitative estimate of drug-likeness (QED) is 0.465. The lowest BCUT2D eigenvalue weighted by Gasteiger charge is -2.16. The van der Waals surface area contributed by atoms with Gasteiger partial charge >= 0.3 is 12.1 Å². The molecule has 0 aliphatic heterocycles.